The molecule has 4 nitrogen and oxygen atoms in total. The number of nitrogens with zero attached hydrogens (tertiary/aromatic N) is 3. The summed E-state index contributed by atoms with van der Waals surface area (Å²) in [6, 6.07) is 20.9. The molecular formula is C18H18N4. The van der Waals surface area contributed by atoms with Crippen LogP contribution in [0, 0.1) is 0 Å². The van der Waals surface area contributed by atoms with E-state index in [9.17, 15) is 0 Å². The molecule has 1 aliphatic rings. The van der Waals surface area contributed by atoms with Crippen molar-refractivity contribution in [3.8, 4) is 11.3 Å². The molecule has 0 saturated carbocycles. The quantitative estimate of drug-likeness (QED) is 0.784. The van der Waals surface area contributed by atoms with E-state index in [0.717, 1.165) is 24.7 Å². The lowest BCUT2D eigenvalue weighted by atomic mass is 10.1. The van der Waals surface area contributed by atoms with E-state index in [4.69, 9.17) is 0 Å². The second-order valence-electron chi connectivity index (χ2n) is 5.64. The highest BCUT2D eigenvalue weighted by molar-refractivity contribution is 5.71. The van der Waals surface area contributed by atoms with Gasteiger partial charge in [-0.3, -0.25) is 5.10 Å². The second-order valence-corrected chi connectivity index (χ2v) is 5.64. The van der Waals surface area contributed by atoms with Gasteiger partial charge in [0.25, 0.3) is 0 Å². The summed E-state index contributed by atoms with van der Waals surface area (Å²) in [6.07, 6.45) is 0. The molecule has 110 valence electrons. The van der Waals surface area contributed by atoms with Gasteiger partial charge in [-0.15, -0.1) is 0 Å². The molecule has 0 radical (unpaired) electrons. The number of benzene rings is 2. The number of hydrogen-bond donors (Lipinski definition) is 1. The Morgan fingerprint density at radius 3 is 2.36 bits per heavy atom. The summed E-state index contributed by atoms with van der Waals surface area (Å²) in [5.74, 6) is 1.05. The summed E-state index contributed by atoms with van der Waals surface area (Å²) in [5.41, 5.74) is 4.78. The molecule has 4 rings (SSSR count). The number of aromatic nitrogens is 2. The van der Waals surface area contributed by atoms with Crippen LogP contribution in [-0.4, -0.2) is 23.9 Å². The van der Waals surface area contributed by atoms with Crippen molar-refractivity contribution in [2.24, 2.45) is 0 Å². The first-order valence-corrected chi connectivity index (χ1v) is 7.47. The smallest absolute Gasteiger partial charge is 0.157 e. The third kappa shape index (κ3) is 2.13. The maximum Gasteiger partial charge on any atom is 0.157 e. The topological polar surface area (TPSA) is 35.2 Å². The number of hydrogen-bond acceptors (Lipinski definition) is 3. The molecule has 0 spiro atoms. The zero-order valence-electron chi connectivity index (χ0n) is 12.5. The fourth-order valence-electron chi connectivity index (χ4n) is 3.04. The summed E-state index contributed by atoms with van der Waals surface area (Å²) < 4.78 is 0. The van der Waals surface area contributed by atoms with Crippen molar-refractivity contribution in [3.05, 3.63) is 66.2 Å². The van der Waals surface area contributed by atoms with Crippen LogP contribution in [0.2, 0.25) is 0 Å². The van der Waals surface area contributed by atoms with Gasteiger partial charge < -0.3 is 9.80 Å². The minimum absolute atomic E-state index is 0.843. The van der Waals surface area contributed by atoms with E-state index in [0.29, 0.717) is 0 Å². The molecule has 0 atom stereocenters. The molecule has 1 aliphatic heterocycles. The van der Waals surface area contributed by atoms with E-state index in [1.54, 1.807) is 0 Å². The highest BCUT2D eigenvalue weighted by Crippen LogP contribution is 2.34. The van der Waals surface area contributed by atoms with Crippen molar-refractivity contribution in [1.82, 2.24) is 10.2 Å². The molecule has 4 heteroatoms. The molecule has 2 heterocycles. The standard InChI is InChI=1S/C18H18N4/c1-21-13-22(15-10-6-3-7-11-15)12-16-17(19-20-18(16)21)14-8-4-2-5-9-14/h2-11H,12-13H2,1H3,(H,19,20). The third-order valence-electron chi connectivity index (χ3n) is 4.12. The molecule has 0 aliphatic carbocycles. The zero-order valence-corrected chi connectivity index (χ0v) is 12.5. The van der Waals surface area contributed by atoms with Gasteiger partial charge >= 0.3 is 0 Å². The first-order chi connectivity index (χ1) is 10.8. The summed E-state index contributed by atoms with van der Waals surface area (Å²) >= 11 is 0. The average Bonchev–Trinajstić information content (AvgIpc) is 3.01. The van der Waals surface area contributed by atoms with Crippen molar-refractivity contribution in [2.45, 2.75) is 6.54 Å². The van der Waals surface area contributed by atoms with Crippen molar-refractivity contribution < 1.29 is 0 Å². The lowest BCUT2D eigenvalue weighted by Gasteiger charge is -2.35. The summed E-state index contributed by atoms with van der Waals surface area (Å²) in [7, 11) is 2.09. The van der Waals surface area contributed by atoms with Crippen molar-refractivity contribution in [1.29, 1.82) is 0 Å². The molecule has 0 fully saturated rings. The van der Waals surface area contributed by atoms with Gasteiger partial charge in [0, 0.05) is 18.3 Å². The number of nitrogens with one attached hydrogen (secondary N) is 1. The van der Waals surface area contributed by atoms with Crippen LogP contribution >= 0.6 is 0 Å². The molecule has 0 amide bonds. The van der Waals surface area contributed by atoms with Gasteiger partial charge in [0.05, 0.1) is 18.9 Å². The Kier molecular flexibility index (Phi) is 3.07. The SMILES string of the molecule is CN1CN(c2ccccc2)Cc2c1n[nH]c2-c1ccccc1. The highest BCUT2D eigenvalue weighted by Gasteiger charge is 2.26. The molecule has 1 N–H and O–H groups in total. The van der Waals surface area contributed by atoms with Crippen molar-refractivity contribution in [2.75, 3.05) is 23.5 Å². The molecule has 22 heavy (non-hydrogen) atoms. The van der Waals surface area contributed by atoms with Crippen LogP contribution in [0.3, 0.4) is 0 Å². The van der Waals surface area contributed by atoms with Crippen LogP contribution in [0.4, 0.5) is 11.5 Å². The van der Waals surface area contributed by atoms with Crippen LogP contribution in [-0.2, 0) is 6.54 Å². The van der Waals surface area contributed by atoms with Gasteiger partial charge in [0.1, 0.15) is 0 Å². The van der Waals surface area contributed by atoms with E-state index in [1.165, 1.54) is 16.8 Å². The first kappa shape index (κ1) is 13.0. The Labute approximate surface area is 130 Å². The predicted octanol–water partition coefficient (Wildman–Crippen LogP) is 3.49. The van der Waals surface area contributed by atoms with Crippen molar-refractivity contribution in [3.63, 3.8) is 0 Å². The summed E-state index contributed by atoms with van der Waals surface area (Å²) in [6.45, 7) is 1.71. The molecule has 1 aromatic heterocycles. The van der Waals surface area contributed by atoms with E-state index >= 15 is 0 Å². The predicted molar refractivity (Wildman–Crippen MR) is 89.9 cm³/mol. The number of H-pyrrole nitrogens is 1. The molecule has 0 bridgehead atoms. The molecule has 0 unspecified atom stereocenters. The van der Waals surface area contributed by atoms with Gasteiger partial charge in [0.2, 0.25) is 0 Å². The van der Waals surface area contributed by atoms with Crippen LogP contribution in [0.1, 0.15) is 5.56 Å². The highest BCUT2D eigenvalue weighted by atomic mass is 15.4. The Morgan fingerprint density at radius 2 is 1.64 bits per heavy atom. The van der Waals surface area contributed by atoms with Gasteiger partial charge in [-0.1, -0.05) is 48.5 Å². The number of anilines is 2. The van der Waals surface area contributed by atoms with Crippen LogP contribution in [0.15, 0.2) is 60.7 Å². The van der Waals surface area contributed by atoms with E-state index in [2.05, 4.69) is 81.6 Å². The number of para-hydroxylation sites is 1. The van der Waals surface area contributed by atoms with E-state index in [-0.39, 0.29) is 0 Å². The fraction of sp³-hybridized carbons (Fsp3) is 0.167. The summed E-state index contributed by atoms with van der Waals surface area (Å²) in [4.78, 5) is 4.55. The van der Waals surface area contributed by atoms with Crippen molar-refractivity contribution >= 4 is 11.5 Å². The Hall–Kier alpha value is -2.75. The molecule has 2 aromatic carbocycles. The molecule has 3 aromatic rings. The van der Waals surface area contributed by atoms with Gasteiger partial charge in [-0.25, -0.2) is 0 Å². The number of aromatic amines is 1. The van der Waals surface area contributed by atoms with E-state index in [1.807, 2.05) is 6.07 Å². The Balaban J connectivity index is 1.75. The average molecular weight is 290 g/mol. The normalized spacial score (nSPS) is 14.0. The third-order valence-corrected chi connectivity index (χ3v) is 4.12. The first-order valence-electron chi connectivity index (χ1n) is 7.47. The van der Waals surface area contributed by atoms with Crippen LogP contribution < -0.4 is 9.80 Å². The molecular weight excluding hydrogens is 272 g/mol. The zero-order chi connectivity index (χ0) is 14.9. The lowest BCUT2D eigenvalue weighted by molar-refractivity contribution is 0.727. The van der Waals surface area contributed by atoms with Gasteiger partial charge in [-0.05, 0) is 17.7 Å². The van der Waals surface area contributed by atoms with Gasteiger partial charge in [-0.2, -0.15) is 5.10 Å². The maximum absolute atomic E-state index is 4.52. The van der Waals surface area contributed by atoms with Gasteiger partial charge in [0.15, 0.2) is 5.82 Å². The largest absolute Gasteiger partial charge is 0.349 e. The minimum Gasteiger partial charge on any atom is -0.349 e. The maximum atomic E-state index is 4.52. The minimum atomic E-state index is 0.843. The Morgan fingerprint density at radius 1 is 0.955 bits per heavy atom. The van der Waals surface area contributed by atoms with Crippen LogP contribution in [0.25, 0.3) is 11.3 Å². The second kappa shape index (κ2) is 5.22. The lowest BCUT2D eigenvalue weighted by Crippen LogP contribution is -2.40. The van der Waals surface area contributed by atoms with Crippen LogP contribution in [0.5, 0.6) is 0 Å². The Bertz CT molecular complexity index is 764. The number of fused-ring (bicyclic) bond motifs is 1. The fourth-order valence-corrected chi connectivity index (χ4v) is 3.04. The molecule has 0 saturated heterocycles. The van der Waals surface area contributed by atoms with E-state index < -0.39 is 0 Å². The summed E-state index contributed by atoms with van der Waals surface area (Å²) in [5, 5.41) is 7.73. The monoisotopic (exact) mass is 290 g/mol. The number of rotatable bonds is 2.